The average molecular weight is 170 g/mol. The lowest BCUT2D eigenvalue weighted by Crippen LogP contribution is -2.06. The maximum Gasteiger partial charge on any atom is 0.165 e. The standard InChI is InChI=1S/C8H11FN2O/c9-7-3-1-4-10-8(7)11-5-2-6-12/h1,3-4,12H,2,5-6H2,(H,10,11). The fraction of sp³-hybridized carbons (Fsp3) is 0.375. The van der Waals surface area contributed by atoms with Crippen LogP contribution in [0.25, 0.3) is 0 Å². The molecule has 0 unspecified atom stereocenters. The molecule has 0 aliphatic heterocycles. The summed E-state index contributed by atoms with van der Waals surface area (Å²) in [5.74, 6) is -0.124. The second-order valence-corrected chi connectivity index (χ2v) is 2.34. The summed E-state index contributed by atoms with van der Waals surface area (Å²) in [4.78, 5) is 3.78. The van der Waals surface area contributed by atoms with Crippen LogP contribution in [0.3, 0.4) is 0 Å². The van der Waals surface area contributed by atoms with E-state index in [1.165, 1.54) is 18.3 Å². The number of pyridine rings is 1. The van der Waals surface area contributed by atoms with Crippen molar-refractivity contribution in [1.29, 1.82) is 0 Å². The minimum atomic E-state index is -0.365. The Morgan fingerprint density at radius 1 is 1.58 bits per heavy atom. The molecular formula is C8H11FN2O. The predicted octanol–water partition coefficient (Wildman–Crippen LogP) is 1.01. The maximum atomic E-state index is 12.8. The maximum absolute atomic E-state index is 12.8. The summed E-state index contributed by atoms with van der Waals surface area (Å²) in [6.07, 6.45) is 2.11. The highest BCUT2D eigenvalue weighted by Gasteiger charge is 1.98. The Bertz CT molecular complexity index is 242. The van der Waals surface area contributed by atoms with Crippen LogP contribution in [0.4, 0.5) is 10.2 Å². The molecule has 0 aliphatic carbocycles. The van der Waals surface area contributed by atoms with Gasteiger partial charge in [-0.1, -0.05) is 0 Å². The van der Waals surface area contributed by atoms with Gasteiger partial charge in [-0.3, -0.25) is 0 Å². The number of rotatable bonds is 4. The van der Waals surface area contributed by atoms with Gasteiger partial charge in [-0.2, -0.15) is 0 Å². The molecule has 3 nitrogen and oxygen atoms in total. The number of hydrogen-bond acceptors (Lipinski definition) is 3. The highest BCUT2D eigenvalue weighted by atomic mass is 19.1. The molecule has 0 atom stereocenters. The van der Waals surface area contributed by atoms with Gasteiger partial charge < -0.3 is 10.4 Å². The number of hydrogen-bond donors (Lipinski definition) is 2. The molecule has 0 saturated heterocycles. The largest absolute Gasteiger partial charge is 0.396 e. The minimum Gasteiger partial charge on any atom is -0.396 e. The molecule has 0 bridgehead atoms. The van der Waals surface area contributed by atoms with Crippen molar-refractivity contribution in [3.8, 4) is 0 Å². The minimum absolute atomic E-state index is 0.0987. The molecule has 1 rings (SSSR count). The van der Waals surface area contributed by atoms with E-state index >= 15 is 0 Å². The summed E-state index contributed by atoms with van der Waals surface area (Å²) < 4.78 is 12.8. The summed E-state index contributed by atoms with van der Waals surface area (Å²) >= 11 is 0. The fourth-order valence-electron chi connectivity index (χ4n) is 0.802. The third kappa shape index (κ3) is 2.47. The number of aliphatic hydroxyl groups is 1. The second kappa shape index (κ2) is 4.66. The molecule has 0 spiro atoms. The van der Waals surface area contributed by atoms with Crippen molar-refractivity contribution in [2.75, 3.05) is 18.5 Å². The van der Waals surface area contributed by atoms with Crippen molar-refractivity contribution in [1.82, 2.24) is 4.98 Å². The second-order valence-electron chi connectivity index (χ2n) is 2.34. The zero-order chi connectivity index (χ0) is 8.81. The number of anilines is 1. The van der Waals surface area contributed by atoms with Crippen LogP contribution in [0.2, 0.25) is 0 Å². The van der Waals surface area contributed by atoms with Crippen molar-refractivity contribution in [2.45, 2.75) is 6.42 Å². The first kappa shape index (κ1) is 8.93. The molecule has 1 aromatic heterocycles. The number of aromatic nitrogens is 1. The third-order valence-corrected chi connectivity index (χ3v) is 1.39. The first-order chi connectivity index (χ1) is 5.84. The molecule has 66 valence electrons. The normalized spacial score (nSPS) is 9.83. The van der Waals surface area contributed by atoms with Crippen LogP contribution in [0.15, 0.2) is 18.3 Å². The van der Waals surface area contributed by atoms with Crippen molar-refractivity contribution in [3.05, 3.63) is 24.1 Å². The van der Waals surface area contributed by atoms with Crippen molar-refractivity contribution < 1.29 is 9.50 Å². The van der Waals surface area contributed by atoms with Crippen LogP contribution in [0, 0.1) is 5.82 Å². The summed E-state index contributed by atoms with van der Waals surface area (Å²) in [7, 11) is 0. The van der Waals surface area contributed by atoms with E-state index in [9.17, 15) is 4.39 Å². The summed E-state index contributed by atoms with van der Waals surface area (Å²) in [6.45, 7) is 0.631. The van der Waals surface area contributed by atoms with Gasteiger partial charge in [0.15, 0.2) is 11.6 Å². The molecule has 0 fully saturated rings. The van der Waals surface area contributed by atoms with Gasteiger partial charge in [-0.15, -0.1) is 0 Å². The Balaban J connectivity index is 2.46. The molecule has 1 aromatic rings. The lowest BCUT2D eigenvalue weighted by Gasteiger charge is -2.03. The third-order valence-electron chi connectivity index (χ3n) is 1.39. The number of halogens is 1. The lowest BCUT2D eigenvalue weighted by molar-refractivity contribution is 0.292. The number of aliphatic hydroxyl groups excluding tert-OH is 1. The SMILES string of the molecule is OCCCNc1ncccc1F. The first-order valence-corrected chi connectivity index (χ1v) is 3.80. The molecule has 0 radical (unpaired) electrons. The van der Waals surface area contributed by atoms with Crippen LogP contribution in [-0.4, -0.2) is 23.2 Å². The highest BCUT2D eigenvalue weighted by molar-refractivity contribution is 5.35. The topological polar surface area (TPSA) is 45.1 Å². The molecule has 0 aliphatic rings. The van der Waals surface area contributed by atoms with Gasteiger partial charge in [0.2, 0.25) is 0 Å². The van der Waals surface area contributed by atoms with Gasteiger partial charge in [0, 0.05) is 19.3 Å². The summed E-state index contributed by atoms with van der Waals surface area (Å²) in [6, 6.07) is 2.88. The molecule has 0 amide bonds. The Morgan fingerprint density at radius 2 is 2.42 bits per heavy atom. The van der Waals surface area contributed by atoms with E-state index in [-0.39, 0.29) is 18.2 Å². The van der Waals surface area contributed by atoms with E-state index in [2.05, 4.69) is 10.3 Å². The first-order valence-electron chi connectivity index (χ1n) is 3.80. The molecule has 0 saturated carbocycles. The average Bonchev–Trinajstić information content (AvgIpc) is 2.09. The summed E-state index contributed by atoms with van der Waals surface area (Å²) in [5, 5.41) is 11.2. The van der Waals surface area contributed by atoms with Gasteiger partial charge in [-0.05, 0) is 18.6 Å². The molecule has 4 heteroatoms. The van der Waals surface area contributed by atoms with Gasteiger partial charge in [-0.25, -0.2) is 9.37 Å². The fourth-order valence-corrected chi connectivity index (χ4v) is 0.802. The van der Waals surface area contributed by atoms with E-state index in [4.69, 9.17) is 5.11 Å². The van der Waals surface area contributed by atoms with Gasteiger partial charge in [0.05, 0.1) is 0 Å². The summed E-state index contributed by atoms with van der Waals surface area (Å²) in [5.41, 5.74) is 0. The van der Waals surface area contributed by atoms with E-state index in [1.807, 2.05) is 0 Å². The number of nitrogens with zero attached hydrogens (tertiary/aromatic N) is 1. The predicted molar refractivity (Wildman–Crippen MR) is 44.4 cm³/mol. The van der Waals surface area contributed by atoms with Crippen LogP contribution >= 0.6 is 0 Å². The quantitative estimate of drug-likeness (QED) is 0.663. The Kier molecular flexibility index (Phi) is 3.47. The molecule has 2 N–H and O–H groups in total. The molecule has 0 aromatic carbocycles. The monoisotopic (exact) mass is 170 g/mol. The highest BCUT2D eigenvalue weighted by Crippen LogP contribution is 2.07. The van der Waals surface area contributed by atoms with Crippen LogP contribution < -0.4 is 5.32 Å². The lowest BCUT2D eigenvalue weighted by atomic mass is 10.4. The smallest absolute Gasteiger partial charge is 0.165 e. The van der Waals surface area contributed by atoms with E-state index < -0.39 is 0 Å². The Labute approximate surface area is 70.3 Å². The Hall–Kier alpha value is -1.16. The van der Waals surface area contributed by atoms with Crippen LogP contribution in [-0.2, 0) is 0 Å². The van der Waals surface area contributed by atoms with E-state index in [1.54, 1.807) is 0 Å². The zero-order valence-corrected chi connectivity index (χ0v) is 6.63. The van der Waals surface area contributed by atoms with Crippen LogP contribution in [0.1, 0.15) is 6.42 Å². The van der Waals surface area contributed by atoms with Gasteiger partial charge in [0.1, 0.15) is 0 Å². The van der Waals surface area contributed by atoms with Crippen molar-refractivity contribution in [2.24, 2.45) is 0 Å². The molecule has 1 heterocycles. The van der Waals surface area contributed by atoms with Crippen LogP contribution in [0.5, 0.6) is 0 Å². The van der Waals surface area contributed by atoms with Crippen molar-refractivity contribution in [3.63, 3.8) is 0 Å². The van der Waals surface area contributed by atoms with Crippen molar-refractivity contribution >= 4 is 5.82 Å². The zero-order valence-electron chi connectivity index (χ0n) is 6.63. The Morgan fingerprint density at radius 3 is 3.08 bits per heavy atom. The molecule has 12 heavy (non-hydrogen) atoms. The van der Waals surface area contributed by atoms with E-state index in [0.29, 0.717) is 13.0 Å². The van der Waals surface area contributed by atoms with E-state index in [0.717, 1.165) is 0 Å². The number of nitrogens with one attached hydrogen (secondary N) is 1. The molecular weight excluding hydrogens is 159 g/mol. The van der Waals surface area contributed by atoms with Gasteiger partial charge in [0.25, 0.3) is 0 Å². The van der Waals surface area contributed by atoms with Gasteiger partial charge >= 0.3 is 0 Å².